The minimum absolute atomic E-state index is 0.0857. The van der Waals surface area contributed by atoms with E-state index in [2.05, 4.69) is 11.2 Å². The quantitative estimate of drug-likeness (QED) is 0.545. The van der Waals surface area contributed by atoms with E-state index < -0.39 is 17.9 Å². The molecule has 0 unspecified atom stereocenters. The van der Waals surface area contributed by atoms with Crippen LogP contribution in [0.15, 0.2) is 0 Å². The number of carboxylic acids is 1. The summed E-state index contributed by atoms with van der Waals surface area (Å²) in [5.41, 5.74) is 0. The minimum Gasteiger partial charge on any atom is -0.480 e. The van der Waals surface area contributed by atoms with Gasteiger partial charge in [-0.3, -0.25) is 9.59 Å². The van der Waals surface area contributed by atoms with E-state index in [-0.39, 0.29) is 6.42 Å². The molecule has 0 fully saturated rings. The first kappa shape index (κ1) is 9.50. The lowest BCUT2D eigenvalue weighted by Crippen LogP contribution is -2.37. The largest absolute Gasteiger partial charge is 0.480 e. The van der Waals surface area contributed by atoms with Crippen LogP contribution in [0.5, 0.6) is 0 Å². The van der Waals surface area contributed by atoms with Crippen molar-refractivity contribution in [1.29, 1.82) is 0 Å². The average molecular weight is 155 g/mol. The lowest BCUT2D eigenvalue weighted by molar-refractivity contribution is -0.141. The molecule has 0 aromatic carbocycles. The fourth-order valence-corrected chi connectivity index (χ4v) is 0.447. The van der Waals surface area contributed by atoms with Crippen molar-refractivity contribution < 1.29 is 14.7 Å². The molecular formula is C7H9NO3. The van der Waals surface area contributed by atoms with Gasteiger partial charge in [0, 0.05) is 0 Å². The average Bonchev–Trinajstić information content (AvgIpc) is 1.87. The maximum absolute atomic E-state index is 10.6. The summed E-state index contributed by atoms with van der Waals surface area (Å²) < 4.78 is 0. The first-order valence-corrected chi connectivity index (χ1v) is 3.03. The van der Waals surface area contributed by atoms with Gasteiger partial charge in [-0.25, -0.2) is 0 Å². The molecule has 4 heteroatoms. The van der Waals surface area contributed by atoms with Gasteiger partial charge in [-0.1, -0.05) is 5.92 Å². The van der Waals surface area contributed by atoms with Gasteiger partial charge in [0.15, 0.2) is 0 Å². The summed E-state index contributed by atoms with van der Waals surface area (Å²) in [5, 5.41) is 10.5. The molecule has 0 saturated heterocycles. The van der Waals surface area contributed by atoms with E-state index in [1.165, 1.54) is 6.92 Å². The number of aliphatic carboxylic acids is 1. The Morgan fingerprint density at radius 3 is 2.64 bits per heavy atom. The van der Waals surface area contributed by atoms with Gasteiger partial charge in [0.2, 0.25) is 5.91 Å². The number of carbonyl (C=O) groups is 2. The molecule has 0 spiro atoms. The van der Waals surface area contributed by atoms with Crippen molar-refractivity contribution in [2.75, 3.05) is 0 Å². The summed E-state index contributed by atoms with van der Waals surface area (Å²) >= 11 is 0. The zero-order chi connectivity index (χ0) is 8.85. The van der Waals surface area contributed by atoms with Crippen molar-refractivity contribution in [3.63, 3.8) is 0 Å². The number of amides is 1. The lowest BCUT2D eigenvalue weighted by Gasteiger charge is -2.06. The maximum atomic E-state index is 10.6. The summed E-state index contributed by atoms with van der Waals surface area (Å²) in [7, 11) is 0. The van der Waals surface area contributed by atoms with Crippen molar-refractivity contribution in [3.8, 4) is 12.3 Å². The lowest BCUT2D eigenvalue weighted by atomic mass is 10.3. The smallest absolute Gasteiger partial charge is 0.325 e. The van der Waals surface area contributed by atoms with Crippen LogP contribution in [-0.2, 0) is 9.59 Å². The van der Waals surface area contributed by atoms with Crippen LogP contribution in [0.25, 0.3) is 0 Å². The third-order valence-electron chi connectivity index (χ3n) is 1.01. The Morgan fingerprint density at radius 2 is 2.27 bits per heavy atom. The standard InChI is InChI=1S/C7H9NO3/c1-3-4-6(9)8-5(2)7(10)11/h1,5H,4H2,2H3,(H,8,9)(H,10,11)/t5-/m1/s1. The Labute approximate surface area is 64.6 Å². The second-order valence-corrected chi connectivity index (χ2v) is 2.01. The molecule has 0 heterocycles. The van der Waals surface area contributed by atoms with Crippen molar-refractivity contribution in [3.05, 3.63) is 0 Å². The monoisotopic (exact) mass is 155 g/mol. The van der Waals surface area contributed by atoms with E-state index in [9.17, 15) is 9.59 Å². The zero-order valence-electron chi connectivity index (χ0n) is 6.13. The number of carbonyl (C=O) groups excluding carboxylic acids is 1. The Hall–Kier alpha value is -1.50. The highest BCUT2D eigenvalue weighted by molar-refractivity contribution is 5.84. The second kappa shape index (κ2) is 4.34. The molecule has 0 aromatic heterocycles. The Balaban J connectivity index is 3.77. The molecule has 1 atom stereocenters. The molecule has 1 amide bonds. The van der Waals surface area contributed by atoms with Gasteiger partial charge in [0.1, 0.15) is 6.04 Å². The van der Waals surface area contributed by atoms with Gasteiger partial charge in [-0.05, 0) is 6.92 Å². The van der Waals surface area contributed by atoms with Crippen molar-refractivity contribution in [1.82, 2.24) is 5.32 Å². The predicted molar refractivity (Wildman–Crippen MR) is 38.7 cm³/mol. The molecule has 0 bridgehead atoms. The Bertz CT molecular complexity index is 204. The van der Waals surface area contributed by atoms with Crippen LogP contribution in [0.2, 0.25) is 0 Å². The molecule has 0 aliphatic heterocycles. The molecular weight excluding hydrogens is 146 g/mol. The summed E-state index contributed by atoms with van der Waals surface area (Å²) in [4.78, 5) is 20.8. The number of terminal acetylenes is 1. The number of hydrogen-bond acceptors (Lipinski definition) is 2. The Morgan fingerprint density at radius 1 is 1.73 bits per heavy atom. The van der Waals surface area contributed by atoms with Gasteiger partial charge >= 0.3 is 5.97 Å². The van der Waals surface area contributed by atoms with Crippen LogP contribution in [0.3, 0.4) is 0 Å². The summed E-state index contributed by atoms with van der Waals surface area (Å²) in [6.07, 6.45) is 4.74. The molecule has 0 aliphatic carbocycles. The fourth-order valence-electron chi connectivity index (χ4n) is 0.447. The van der Waals surface area contributed by atoms with Crippen LogP contribution in [0.4, 0.5) is 0 Å². The molecule has 0 saturated carbocycles. The molecule has 0 radical (unpaired) electrons. The first-order chi connectivity index (χ1) is 5.07. The van der Waals surface area contributed by atoms with Gasteiger partial charge in [-0.15, -0.1) is 6.42 Å². The molecule has 0 rings (SSSR count). The SMILES string of the molecule is C#CCC(=O)N[C@H](C)C(=O)O. The highest BCUT2D eigenvalue weighted by Crippen LogP contribution is 1.83. The molecule has 0 aliphatic rings. The van der Waals surface area contributed by atoms with Crippen molar-refractivity contribution >= 4 is 11.9 Å². The normalized spacial score (nSPS) is 11.3. The van der Waals surface area contributed by atoms with E-state index in [1.807, 2.05) is 0 Å². The van der Waals surface area contributed by atoms with E-state index in [0.29, 0.717) is 0 Å². The first-order valence-electron chi connectivity index (χ1n) is 3.03. The van der Waals surface area contributed by atoms with Crippen LogP contribution in [-0.4, -0.2) is 23.0 Å². The summed E-state index contributed by atoms with van der Waals surface area (Å²) in [6, 6.07) is -0.879. The molecule has 60 valence electrons. The van der Waals surface area contributed by atoms with Gasteiger partial charge in [-0.2, -0.15) is 0 Å². The summed E-state index contributed by atoms with van der Waals surface area (Å²) in [5.74, 6) is 0.591. The predicted octanol–water partition coefficient (Wildman–Crippen LogP) is -0.401. The van der Waals surface area contributed by atoms with E-state index in [1.54, 1.807) is 0 Å². The van der Waals surface area contributed by atoms with Crippen LogP contribution in [0.1, 0.15) is 13.3 Å². The Kier molecular flexibility index (Phi) is 3.75. The van der Waals surface area contributed by atoms with Gasteiger partial charge in [0.25, 0.3) is 0 Å². The number of hydrogen-bond donors (Lipinski definition) is 2. The molecule has 4 nitrogen and oxygen atoms in total. The van der Waals surface area contributed by atoms with Gasteiger partial charge < -0.3 is 10.4 Å². The van der Waals surface area contributed by atoms with Crippen LogP contribution < -0.4 is 5.32 Å². The third kappa shape index (κ3) is 3.98. The highest BCUT2D eigenvalue weighted by atomic mass is 16.4. The fraction of sp³-hybridized carbons (Fsp3) is 0.429. The van der Waals surface area contributed by atoms with Crippen molar-refractivity contribution in [2.24, 2.45) is 0 Å². The zero-order valence-corrected chi connectivity index (χ0v) is 6.13. The summed E-state index contributed by atoms with van der Waals surface area (Å²) in [6.45, 7) is 1.37. The highest BCUT2D eigenvalue weighted by Gasteiger charge is 2.12. The van der Waals surface area contributed by atoms with Crippen molar-refractivity contribution in [2.45, 2.75) is 19.4 Å². The molecule has 11 heavy (non-hydrogen) atoms. The van der Waals surface area contributed by atoms with Gasteiger partial charge in [0.05, 0.1) is 6.42 Å². The third-order valence-corrected chi connectivity index (χ3v) is 1.01. The van der Waals surface area contributed by atoms with E-state index in [0.717, 1.165) is 0 Å². The van der Waals surface area contributed by atoms with E-state index >= 15 is 0 Å². The van der Waals surface area contributed by atoms with Crippen LogP contribution >= 0.6 is 0 Å². The topological polar surface area (TPSA) is 66.4 Å². The van der Waals surface area contributed by atoms with Crippen LogP contribution in [0, 0.1) is 12.3 Å². The second-order valence-electron chi connectivity index (χ2n) is 2.01. The number of rotatable bonds is 3. The maximum Gasteiger partial charge on any atom is 0.325 e. The molecule has 0 aromatic rings. The minimum atomic E-state index is -1.07. The number of nitrogens with one attached hydrogen (secondary N) is 1. The number of carboxylic acid groups (broad SMARTS) is 1. The van der Waals surface area contributed by atoms with E-state index in [4.69, 9.17) is 11.5 Å². The molecule has 2 N–H and O–H groups in total.